The van der Waals surface area contributed by atoms with Crippen LogP contribution in [-0.4, -0.2) is 68.6 Å². The number of rotatable bonds is 4. The molecule has 1 aromatic carbocycles. The first-order valence-corrected chi connectivity index (χ1v) is 10.5. The fourth-order valence-corrected chi connectivity index (χ4v) is 4.54. The van der Waals surface area contributed by atoms with E-state index in [0.29, 0.717) is 29.5 Å². The van der Waals surface area contributed by atoms with Gasteiger partial charge in [0.05, 0.1) is 31.1 Å². The normalized spacial score (nSPS) is 20.2. The Kier molecular flexibility index (Phi) is 4.80. The SMILES string of the molecule is COc1ccc(C(=O)N2CC[C@H]3CN(c4nc(C)cc(C)n4)[C@H]3C2)c(-n2nccn2)c1. The van der Waals surface area contributed by atoms with Gasteiger partial charge in [0, 0.05) is 43.0 Å². The molecule has 9 heteroatoms. The van der Waals surface area contributed by atoms with E-state index in [1.165, 1.54) is 4.80 Å². The Balaban J connectivity index is 1.40. The first-order chi connectivity index (χ1) is 15.0. The molecule has 0 radical (unpaired) electrons. The number of amides is 1. The number of fused-ring (bicyclic) bond motifs is 1. The van der Waals surface area contributed by atoms with Crippen LogP contribution in [0.15, 0.2) is 36.7 Å². The Bertz CT molecular complexity index is 1090. The zero-order valence-electron chi connectivity index (χ0n) is 17.9. The lowest BCUT2D eigenvalue weighted by Crippen LogP contribution is -2.65. The number of ether oxygens (including phenoxy) is 1. The van der Waals surface area contributed by atoms with E-state index in [9.17, 15) is 4.79 Å². The van der Waals surface area contributed by atoms with E-state index in [1.54, 1.807) is 37.7 Å². The average molecular weight is 419 g/mol. The van der Waals surface area contributed by atoms with Crippen molar-refractivity contribution in [2.24, 2.45) is 5.92 Å². The van der Waals surface area contributed by atoms with E-state index in [4.69, 9.17) is 4.74 Å². The van der Waals surface area contributed by atoms with Crippen molar-refractivity contribution in [1.29, 1.82) is 0 Å². The molecule has 2 atom stereocenters. The number of likely N-dealkylation sites (tertiary alicyclic amines) is 1. The Morgan fingerprint density at radius 1 is 1.06 bits per heavy atom. The van der Waals surface area contributed by atoms with Gasteiger partial charge in [-0.1, -0.05) is 0 Å². The van der Waals surface area contributed by atoms with Crippen LogP contribution in [0.25, 0.3) is 5.69 Å². The predicted octanol–water partition coefficient (Wildman–Crippen LogP) is 2.03. The van der Waals surface area contributed by atoms with Crippen molar-refractivity contribution >= 4 is 11.9 Å². The fourth-order valence-electron chi connectivity index (χ4n) is 4.54. The molecule has 3 aromatic rings. The molecule has 1 amide bonds. The summed E-state index contributed by atoms with van der Waals surface area (Å²) < 4.78 is 5.34. The number of aryl methyl sites for hydroxylation is 2. The topological polar surface area (TPSA) is 89.3 Å². The van der Waals surface area contributed by atoms with Crippen molar-refractivity contribution in [3.63, 3.8) is 0 Å². The van der Waals surface area contributed by atoms with Crippen LogP contribution in [0, 0.1) is 19.8 Å². The van der Waals surface area contributed by atoms with Gasteiger partial charge in [0.1, 0.15) is 11.4 Å². The summed E-state index contributed by atoms with van der Waals surface area (Å²) in [5, 5.41) is 8.42. The van der Waals surface area contributed by atoms with E-state index in [2.05, 4.69) is 25.1 Å². The fraction of sp³-hybridized carbons (Fsp3) is 0.409. The van der Waals surface area contributed by atoms with Crippen molar-refractivity contribution in [3.05, 3.63) is 53.6 Å². The highest BCUT2D eigenvalue weighted by atomic mass is 16.5. The van der Waals surface area contributed by atoms with Crippen LogP contribution in [0.1, 0.15) is 28.2 Å². The molecule has 31 heavy (non-hydrogen) atoms. The quantitative estimate of drug-likeness (QED) is 0.639. The van der Waals surface area contributed by atoms with Gasteiger partial charge < -0.3 is 14.5 Å². The van der Waals surface area contributed by atoms with Crippen LogP contribution >= 0.6 is 0 Å². The van der Waals surface area contributed by atoms with Crippen molar-refractivity contribution < 1.29 is 9.53 Å². The van der Waals surface area contributed by atoms with Gasteiger partial charge in [0.25, 0.3) is 5.91 Å². The van der Waals surface area contributed by atoms with Crippen molar-refractivity contribution in [2.45, 2.75) is 26.3 Å². The van der Waals surface area contributed by atoms with E-state index in [-0.39, 0.29) is 11.9 Å². The molecule has 2 aromatic heterocycles. The predicted molar refractivity (Wildman–Crippen MR) is 115 cm³/mol. The molecular formula is C22H25N7O2. The highest BCUT2D eigenvalue weighted by Gasteiger charge is 2.45. The zero-order chi connectivity index (χ0) is 21.5. The standard InChI is InChI=1S/C22H25N7O2/c1-14-10-15(2)26-22(25-14)28-12-16-6-9-27(13-20(16)28)21(30)18-5-4-17(31-3)11-19(18)29-23-7-8-24-29/h4-5,7-8,10-11,16,20H,6,9,12-13H2,1-3H3/t16-,20-/m0/s1. The summed E-state index contributed by atoms with van der Waals surface area (Å²) in [6.45, 7) is 6.30. The molecule has 0 aliphatic carbocycles. The number of piperidine rings is 1. The number of aromatic nitrogens is 5. The molecule has 0 spiro atoms. The Morgan fingerprint density at radius 2 is 1.81 bits per heavy atom. The second-order valence-corrected chi connectivity index (χ2v) is 8.17. The van der Waals surface area contributed by atoms with Crippen molar-refractivity contribution in [1.82, 2.24) is 29.9 Å². The summed E-state index contributed by atoms with van der Waals surface area (Å²) >= 11 is 0. The molecule has 0 saturated carbocycles. The molecule has 160 valence electrons. The second-order valence-electron chi connectivity index (χ2n) is 8.17. The van der Waals surface area contributed by atoms with Gasteiger partial charge in [-0.05, 0) is 38.5 Å². The van der Waals surface area contributed by atoms with E-state index in [0.717, 1.165) is 36.8 Å². The maximum atomic E-state index is 13.5. The first kappa shape index (κ1) is 19.5. The second kappa shape index (κ2) is 7.64. The molecule has 2 fully saturated rings. The number of benzene rings is 1. The number of methoxy groups -OCH3 is 1. The monoisotopic (exact) mass is 419 g/mol. The summed E-state index contributed by atoms with van der Waals surface area (Å²) in [5.74, 6) is 1.96. The van der Waals surface area contributed by atoms with Gasteiger partial charge in [-0.3, -0.25) is 4.79 Å². The number of hydrogen-bond donors (Lipinski definition) is 0. The summed E-state index contributed by atoms with van der Waals surface area (Å²) in [6.07, 6.45) is 4.16. The highest BCUT2D eigenvalue weighted by Crippen LogP contribution is 2.36. The molecule has 0 bridgehead atoms. The molecule has 2 saturated heterocycles. The third-order valence-electron chi connectivity index (χ3n) is 6.14. The number of hydrogen-bond acceptors (Lipinski definition) is 7. The van der Waals surface area contributed by atoms with Crippen LogP contribution < -0.4 is 9.64 Å². The molecule has 0 N–H and O–H groups in total. The number of anilines is 1. The van der Waals surface area contributed by atoms with Gasteiger partial charge in [0.2, 0.25) is 5.95 Å². The lowest BCUT2D eigenvalue weighted by molar-refractivity contribution is 0.0589. The number of carbonyl (C=O) groups is 1. The van der Waals surface area contributed by atoms with Gasteiger partial charge in [0.15, 0.2) is 0 Å². The van der Waals surface area contributed by atoms with E-state index < -0.39 is 0 Å². The van der Waals surface area contributed by atoms with Gasteiger partial charge >= 0.3 is 0 Å². The minimum atomic E-state index is -0.0263. The molecule has 0 unspecified atom stereocenters. The lowest BCUT2D eigenvalue weighted by Gasteiger charge is -2.53. The minimum Gasteiger partial charge on any atom is -0.497 e. The molecule has 4 heterocycles. The summed E-state index contributed by atoms with van der Waals surface area (Å²) in [5.41, 5.74) is 3.09. The third kappa shape index (κ3) is 3.49. The largest absolute Gasteiger partial charge is 0.497 e. The molecule has 2 aliphatic heterocycles. The van der Waals surface area contributed by atoms with E-state index >= 15 is 0 Å². The van der Waals surface area contributed by atoms with Crippen LogP contribution in [0.3, 0.4) is 0 Å². The van der Waals surface area contributed by atoms with Crippen LogP contribution in [0.4, 0.5) is 5.95 Å². The summed E-state index contributed by atoms with van der Waals surface area (Å²) in [7, 11) is 1.60. The van der Waals surface area contributed by atoms with Crippen LogP contribution in [0.5, 0.6) is 5.75 Å². The Labute approximate surface area is 180 Å². The first-order valence-electron chi connectivity index (χ1n) is 10.5. The van der Waals surface area contributed by atoms with Gasteiger partial charge in [-0.25, -0.2) is 9.97 Å². The maximum Gasteiger partial charge on any atom is 0.256 e. The Hall–Kier alpha value is -3.49. The van der Waals surface area contributed by atoms with Gasteiger partial charge in [-0.2, -0.15) is 15.0 Å². The lowest BCUT2D eigenvalue weighted by atomic mass is 9.82. The number of carbonyl (C=O) groups excluding carboxylic acids is 1. The highest BCUT2D eigenvalue weighted by molar-refractivity contribution is 5.98. The maximum absolute atomic E-state index is 13.5. The number of nitrogens with zero attached hydrogens (tertiary/aromatic N) is 7. The Morgan fingerprint density at radius 3 is 2.52 bits per heavy atom. The smallest absolute Gasteiger partial charge is 0.256 e. The van der Waals surface area contributed by atoms with Crippen molar-refractivity contribution in [2.75, 3.05) is 31.6 Å². The molecular weight excluding hydrogens is 394 g/mol. The average Bonchev–Trinajstić information content (AvgIpc) is 3.28. The van der Waals surface area contributed by atoms with Crippen molar-refractivity contribution in [3.8, 4) is 11.4 Å². The molecule has 5 rings (SSSR count). The van der Waals surface area contributed by atoms with Crippen LogP contribution in [0.2, 0.25) is 0 Å². The molecule has 2 aliphatic rings. The zero-order valence-corrected chi connectivity index (χ0v) is 17.9. The summed E-state index contributed by atoms with van der Waals surface area (Å²) in [6, 6.07) is 7.59. The molecule has 9 nitrogen and oxygen atoms in total. The third-order valence-corrected chi connectivity index (χ3v) is 6.14. The van der Waals surface area contributed by atoms with E-state index in [1.807, 2.05) is 24.8 Å². The van der Waals surface area contributed by atoms with Crippen LogP contribution in [-0.2, 0) is 0 Å². The summed E-state index contributed by atoms with van der Waals surface area (Å²) in [4.78, 5) is 28.4. The minimum absolute atomic E-state index is 0.0263. The van der Waals surface area contributed by atoms with Gasteiger partial charge in [-0.15, -0.1) is 0 Å².